The van der Waals surface area contributed by atoms with Crippen LogP contribution in [0.25, 0.3) is 10.9 Å². The van der Waals surface area contributed by atoms with Gasteiger partial charge >= 0.3 is 5.97 Å². The Labute approximate surface area is 167 Å². The third-order valence-corrected chi connectivity index (χ3v) is 4.94. The number of aryl methyl sites for hydroxylation is 2. The van der Waals surface area contributed by atoms with Gasteiger partial charge in [0.15, 0.2) is 0 Å². The Bertz CT molecular complexity index is 1190. The number of carbonyl (C=O) groups is 1. The molecule has 29 heavy (non-hydrogen) atoms. The predicted octanol–water partition coefficient (Wildman–Crippen LogP) is 2.96. The van der Waals surface area contributed by atoms with Crippen molar-refractivity contribution in [2.75, 3.05) is 6.61 Å². The lowest BCUT2D eigenvalue weighted by molar-refractivity contribution is -0.138. The van der Waals surface area contributed by atoms with Gasteiger partial charge in [0.2, 0.25) is 5.88 Å². The number of hydrogen-bond acceptors (Lipinski definition) is 6. The van der Waals surface area contributed by atoms with Crippen LogP contribution in [-0.2, 0) is 14.3 Å². The molecule has 0 bridgehead atoms. The Hall–Kier alpha value is -3.79. The number of rotatable bonds is 4. The number of nitrogens with two attached hydrogens (primary N) is 1. The number of ether oxygens (including phenoxy) is 2. The summed E-state index contributed by atoms with van der Waals surface area (Å²) in [5, 5.41) is 10.5. The van der Waals surface area contributed by atoms with Crippen molar-refractivity contribution in [3.8, 4) is 6.07 Å². The summed E-state index contributed by atoms with van der Waals surface area (Å²) in [6, 6.07) is 7.54. The molecule has 2 heterocycles. The smallest absolute Gasteiger partial charge is 0.338 e. The van der Waals surface area contributed by atoms with Gasteiger partial charge in [-0.3, -0.25) is 4.79 Å². The van der Waals surface area contributed by atoms with Gasteiger partial charge in [-0.15, -0.1) is 0 Å². The standard InChI is InChI=1S/C22H21N3O4/c1-5-8-28-22(27)17-13(4)29-20(24)16(10-23)18(17)15-9-14-11(2)6-7-12(3)19(14)25-21(15)26/h5-7,9,18H,1,8,24H2,2-4H3,(H,25,26)/t18-/m0/s1. The molecule has 0 saturated heterocycles. The number of benzene rings is 1. The maximum absolute atomic E-state index is 13.0. The average Bonchev–Trinajstić information content (AvgIpc) is 2.68. The highest BCUT2D eigenvalue weighted by molar-refractivity contribution is 5.93. The van der Waals surface area contributed by atoms with Gasteiger partial charge in [-0.2, -0.15) is 5.26 Å². The molecule has 0 unspecified atom stereocenters. The van der Waals surface area contributed by atoms with E-state index in [0.717, 1.165) is 16.5 Å². The van der Waals surface area contributed by atoms with Crippen LogP contribution in [0.2, 0.25) is 0 Å². The number of allylic oxidation sites excluding steroid dienone is 2. The summed E-state index contributed by atoms with van der Waals surface area (Å²) >= 11 is 0. The van der Waals surface area contributed by atoms with E-state index in [1.54, 1.807) is 13.0 Å². The van der Waals surface area contributed by atoms with E-state index in [1.165, 1.54) is 6.08 Å². The van der Waals surface area contributed by atoms with Crippen molar-refractivity contribution in [2.45, 2.75) is 26.7 Å². The van der Waals surface area contributed by atoms with E-state index >= 15 is 0 Å². The zero-order valence-electron chi connectivity index (χ0n) is 16.5. The molecule has 7 nitrogen and oxygen atoms in total. The minimum Gasteiger partial charge on any atom is -0.458 e. The van der Waals surface area contributed by atoms with Crippen LogP contribution in [0.1, 0.15) is 29.5 Å². The molecule has 3 N–H and O–H groups in total. The Morgan fingerprint density at radius 2 is 2.07 bits per heavy atom. The number of pyridine rings is 1. The summed E-state index contributed by atoms with van der Waals surface area (Å²) in [4.78, 5) is 28.6. The molecule has 2 aromatic rings. The lowest BCUT2D eigenvalue weighted by atomic mass is 9.83. The van der Waals surface area contributed by atoms with Crippen LogP contribution in [0.5, 0.6) is 0 Å². The minimum atomic E-state index is -1.00. The van der Waals surface area contributed by atoms with Crippen molar-refractivity contribution < 1.29 is 14.3 Å². The molecular weight excluding hydrogens is 370 g/mol. The van der Waals surface area contributed by atoms with Crippen molar-refractivity contribution in [3.63, 3.8) is 0 Å². The normalized spacial score (nSPS) is 16.4. The van der Waals surface area contributed by atoms with Gasteiger partial charge in [-0.1, -0.05) is 24.8 Å². The zero-order chi connectivity index (χ0) is 21.3. The van der Waals surface area contributed by atoms with Crippen LogP contribution < -0.4 is 11.3 Å². The zero-order valence-corrected chi connectivity index (χ0v) is 16.5. The maximum Gasteiger partial charge on any atom is 0.338 e. The largest absolute Gasteiger partial charge is 0.458 e. The van der Waals surface area contributed by atoms with Crippen molar-refractivity contribution in [1.29, 1.82) is 5.26 Å². The number of esters is 1. The lowest BCUT2D eigenvalue weighted by Gasteiger charge is -2.26. The first-order chi connectivity index (χ1) is 13.8. The number of hydrogen-bond donors (Lipinski definition) is 2. The highest BCUT2D eigenvalue weighted by Gasteiger charge is 2.38. The molecule has 148 valence electrons. The van der Waals surface area contributed by atoms with Crippen molar-refractivity contribution >= 4 is 16.9 Å². The van der Waals surface area contributed by atoms with Crippen molar-refractivity contribution in [1.82, 2.24) is 4.98 Å². The quantitative estimate of drug-likeness (QED) is 0.611. The molecule has 0 saturated carbocycles. The number of nitrogens with zero attached hydrogens (tertiary/aromatic N) is 1. The molecule has 1 aromatic heterocycles. The Morgan fingerprint density at radius 3 is 2.72 bits per heavy atom. The predicted molar refractivity (Wildman–Crippen MR) is 109 cm³/mol. The van der Waals surface area contributed by atoms with Crippen LogP contribution >= 0.6 is 0 Å². The fraction of sp³-hybridized carbons (Fsp3) is 0.227. The molecular formula is C22H21N3O4. The third kappa shape index (κ3) is 3.41. The van der Waals surface area contributed by atoms with Gasteiger partial charge in [0.05, 0.1) is 17.0 Å². The summed E-state index contributed by atoms with van der Waals surface area (Å²) in [5.41, 5.74) is 8.32. The van der Waals surface area contributed by atoms with Gasteiger partial charge in [-0.05, 0) is 38.0 Å². The number of H-pyrrole nitrogens is 1. The van der Waals surface area contributed by atoms with Crippen LogP contribution in [-0.4, -0.2) is 17.6 Å². The molecule has 1 atom stereocenters. The fourth-order valence-electron chi connectivity index (χ4n) is 3.48. The second-order valence-corrected chi connectivity index (χ2v) is 6.82. The third-order valence-electron chi connectivity index (χ3n) is 4.94. The highest BCUT2D eigenvalue weighted by Crippen LogP contribution is 2.39. The summed E-state index contributed by atoms with van der Waals surface area (Å²) in [6.07, 6.45) is 1.43. The van der Waals surface area contributed by atoms with Gasteiger partial charge in [0, 0.05) is 10.9 Å². The number of carbonyl (C=O) groups excluding carboxylic acids is 1. The van der Waals surface area contributed by atoms with E-state index in [2.05, 4.69) is 11.6 Å². The summed E-state index contributed by atoms with van der Waals surface area (Å²) in [6.45, 7) is 8.86. The Kier molecular flexibility index (Phi) is 5.29. The monoisotopic (exact) mass is 391 g/mol. The van der Waals surface area contributed by atoms with E-state index < -0.39 is 17.4 Å². The second-order valence-electron chi connectivity index (χ2n) is 6.82. The van der Waals surface area contributed by atoms with E-state index in [0.29, 0.717) is 5.52 Å². The molecule has 0 fully saturated rings. The molecule has 1 aliphatic heterocycles. The first-order valence-electron chi connectivity index (χ1n) is 8.99. The van der Waals surface area contributed by atoms with Crippen LogP contribution in [0.15, 0.2) is 58.4 Å². The van der Waals surface area contributed by atoms with Gasteiger partial charge in [0.1, 0.15) is 24.0 Å². The van der Waals surface area contributed by atoms with Crippen molar-refractivity contribution in [2.24, 2.45) is 5.73 Å². The molecule has 0 radical (unpaired) electrons. The summed E-state index contributed by atoms with van der Waals surface area (Å²) in [5.74, 6) is -1.66. The topological polar surface area (TPSA) is 118 Å². The minimum absolute atomic E-state index is 0.0173. The van der Waals surface area contributed by atoms with E-state index in [9.17, 15) is 14.9 Å². The Balaban J connectivity index is 2.30. The number of nitriles is 1. The summed E-state index contributed by atoms with van der Waals surface area (Å²) < 4.78 is 10.6. The molecule has 1 aromatic carbocycles. The Morgan fingerprint density at radius 1 is 1.38 bits per heavy atom. The van der Waals surface area contributed by atoms with E-state index in [4.69, 9.17) is 15.2 Å². The number of aromatic amines is 1. The molecule has 3 rings (SSSR count). The number of nitrogens with one attached hydrogen (secondary N) is 1. The van der Waals surface area contributed by atoms with Crippen molar-refractivity contribution in [3.05, 3.63) is 80.7 Å². The van der Waals surface area contributed by atoms with Gasteiger partial charge in [0.25, 0.3) is 5.56 Å². The molecule has 0 spiro atoms. The first-order valence-corrected chi connectivity index (χ1v) is 8.99. The van der Waals surface area contributed by atoms with Crippen LogP contribution in [0.4, 0.5) is 0 Å². The molecule has 7 heteroatoms. The fourth-order valence-corrected chi connectivity index (χ4v) is 3.48. The second kappa shape index (κ2) is 7.68. The summed E-state index contributed by atoms with van der Waals surface area (Å²) in [7, 11) is 0. The molecule has 0 amide bonds. The van der Waals surface area contributed by atoms with Gasteiger partial charge < -0.3 is 20.2 Å². The number of aromatic nitrogens is 1. The van der Waals surface area contributed by atoms with E-state index in [1.807, 2.05) is 32.0 Å². The van der Waals surface area contributed by atoms with Crippen LogP contribution in [0.3, 0.4) is 0 Å². The maximum atomic E-state index is 13.0. The SMILES string of the molecule is C=CCOC(=O)C1=C(C)OC(N)=C(C#N)[C@@H]1c1cc2c(C)ccc(C)c2[nH]c1=O. The number of fused-ring (bicyclic) bond motifs is 1. The van der Waals surface area contributed by atoms with Crippen LogP contribution in [0, 0.1) is 25.2 Å². The highest BCUT2D eigenvalue weighted by atomic mass is 16.5. The average molecular weight is 391 g/mol. The van der Waals surface area contributed by atoms with E-state index in [-0.39, 0.29) is 35.0 Å². The molecule has 1 aliphatic rings. The lowest BCUT2D eigenvalue weighted by Crippen LogP contribution is -2.29. The molecule has 0 aliphatic carbocycles. The van der Waals surface area contributed by atoms with Gasteiger partial charge in [-0.25, -0.2) is 4.79 Å². The first kappa shape index (κ1) is 20.0.